The maximum atomic E-state index is 12.5. The molecule has 4 rings (SSSR count). The smallest absolute Gasteiger partial charge is 0.331 e. The predicted octanol–water partition coefficient (Wildman–Crippen LogP) is 0.746. The molecule has 0 saturated carbocycles. The number of aromatic nitrogens is 4. The summed E-state index contributed by atoms with van der Waals surface area (Å²) in [5.41, 5.74) is 2.50. The molecule has 148 valence electrons. The van der Waals surface area contributed by atoms with E-state index in [0.29, 0.717) is 23.5 Å². The summed E-state index contributed by atoms with van der Waals surface area (Å²) < 4.78 is 2.51. The standard InChI is InChI=1S/C22H23N5O2/c1-25-20-19(21(28)26(2)22(25)29)23-18(24-20)15-27(13-16-9-5-3-6-10-16)14-17-11-7-4-8-12-17/h3-12H,13-15H2,1-2H3,(H,23,24)/p+1. The van der Waals surface area contributed by atoms with Gasteiger partial charge in [0.1, 0.15) is 25.2 Å². The minimum Gasteiger partial charge on any atom is -0.331 e. The van der Waals surface area contributed by atoms with Crippen molar-refractivity contribution in [2.45, 2.75) is 19.6 Å². The Labute approximate surface area is 167 Å². The lowest BCUT2D eigenvalue weighted by Crippen LogP contribution is -3.08. The van der Waals surface area contributed by atoms with Crippen LogP contribution in [0.25, 0.3) is 11.2 Å². The van der Waals surface area contributed by atoms with Gasteiger partial charge in [-0.15, -0.1) is 0 Å². The van der Waals surface area contributed by atoms with Crippen LogP contribution in [0, 0.1) is 0 Å². The number of nitrogens with one attached hydrogen (secondary N) is 2. The van der Waals surface area contributed by atoms with E-state index in [2.05, 4.69) is 34.2 Å². The molecule has 2 heterocycles. The Balaban J connectivity index is 1.68. The van der Waals surface area contributed by atoms with Gasteiger partial charge < -0.3 is 9.88 Å². The highest BCUT2D eigenvalue weighted by Gasteiger charge is 2.18. The van der Waals surface area contributed by atoms with E-state index in [0.717, 1.165) is 17.7 Å². The van der Waals surface area contributed by atoms with Gasteiger partial charge in [0.25, 0.3) is 5.56 Å². The van der Waals surface area contributed by atoms with Gasteiger partial charge in [-0.05, 0) is 0 Å². The van der Waals surface area contributed by atoms with Gasteiger partial charge in [-0.1, -0.05) is 60.7 Å². The normalized spacial score (nSPS) is 11.4. The van der Waals surface area contributed by atoms with Crippen LogP contribution >= 0.6 is 0 Å². The summed E-state index contributed by atoms with van der Waals surface area (Å²) in [6.07, 6.45) is 0. The molecule has 4 aromatic rings. The number of rotatable bonds is 6. The number of hydrogen-bond donors (Lipinski definition) is 2. The number of nitrogens with zero attached hydrogens (tertiary/aromatic N) is 3. The molecule has 0 aliphatic heterocycles. The van der Waals surface area contributed by atoms with E-state index in [4.69, 9.17) is 0 Å². The van der Waals surface area contributed by atoms with E-state index in [9.17, 15) is 9.59 Å². The second-order valence-electron chi connectivity index (χ2n) is 7.34. The SMILES string of the molecule is Cn1c(=O)c2[nH]c(C[NH+](Cc3ccccc3)Cc3ccccc3)nc2n(C)c1=O. The monoisotopic (exact) mass is 390 g/mol. The van der Waals surface area contributed by atoms with E-state index >= 15 is 0 Å². The molecule has 2 aromatic heterocycles. The zero-order chi connectivity index (χ0) is 20.4. The first-order valence-electron chi connectivity index (χ1n) is 9.59. The van der Waals surface area contributed by atoms with E-state index in [1.807, 2.05) is 36.4 Å². The highest BCUT2D eigenvalue weighted by molar-refractivity contribution is 5.69. The van der Waals surface area contributed by atoms with Gasteiger partial charge in [0, 0.05) is 25.2 Å². The van der Waals surface area contributed by atoms with E-state index in [1.165, 1.54) is 27.6 Å². The van der Waals surface area contributed by atoms with Crippen LogP contribution in [0.4, 0.5) is 0 Å². The molecular formula is C22H24N5O2+. The molecule has 0 unspecified atom stereocenters. The van der Waals surface area contributed by atoms with Crippen molar-refractivity contribution in [2.75, 3.05) is 0 Å². The molecule has 0 radical (unpaired) electrons. The Hall–Kier alpha value is -3.45. The number of hydrogen-bond acceptors (Lipinski definition) is 3. The van der Waals surface area contributed by atoms with E-state index < -0.39 is 0 Å². The summed E-state index contributed by atoms with van der Waals surface area (Å²) in [5.74, 6) is 0.695. The van der Waals surface area contributed by atoms with Crippen LogP contribution in [0.1, 0.15) is 17.0 Å². The van der Waals surface area contributed by atoms with Gasteiger partial charge in [-0.2, -0.15) is 0 Å². The number of quaternary nitrogens is 1. The minimum absolute atomic E-state index is 0.352. The molecule has 7 heteroatoms. The van der Waals surface area contributed by atoms with Crippen LogP contribution in [0.5, 0.6) is 0 Å². The summed E-state index contributed by atoms with van der Waals surface area (Å²) in [6.45, 7) is 2.25. The van der Waals surface area contributed by atoms with Crippen molar-refractivity contribution in [2.24, 2.45) is 14.1 Å². The maximum Gasteiger partial charge on any atom is 0.332 e. The van der Waals surface area contributed by atoms with Crippen LogP contribution in [-0.2, 0) is 33.7 Å². The van der Waals surface area contributed by atoms with E-state index in [1.54, 1.807) is 7.05 Å². The lowest BCUT2D eigenvalue weighted by molar-refractivity contribution is -0.941. The summed E-state index contributed by atoms with van der Waals surface area (Å²) in [4.78, 5) is 33.6. The molecule has 0 amide bonds. The molecule has 0 aliphatic carbocycles. The Morgan fingerprint density at radius 3 is 1.93 bits per heavy atom. The van der Waals surface area contributed by atoms with Gasteiger partial charge in [-0.25, -0.2) is 9.78 Å². The largest absolute Gasteiger partial charge is 0.332 e. The number of imidazole rings is 1. The molecule has 2 N–H and O–H groups in total. The van der Waals surface area contributed by atoms with Crippen LogP contribution in [0.3, 0.4) is 0 Å². The summed E-state index contributed by atoms with van der Waals surface area (Å²) in [7, 11) is 3.11. The Bertz CT molecular complexity index is 1200. The number of fused-ring (bicyclic) bond motifs is 1. The van der Waals surface area contributed by atoms with Crippen LogP contribution in [-0.4, -0.2) is 19.1 Å². The fourth-order valence-corrected chi connectivity index (χ4v) is 3.65. The summed E-state index contributed by atoms with van der Waals surface area (Å²) >= 11 is 0. The molecule has 0 fully saturated rings. The van der Waals surface area contributed by atoms with Crippen molar-refractivity contribution in [1.82, 2.24) is 19.1 Å². The third-order valence-corrected chi connectivity index (χ3v) is 5.16. The summed E-state index contributed by atoms with van der Waals surface area (Å²) in [5, 5.41) is 0. The predicted molar refractivity (Wildman–Crippen MR) is 112 cm³/mol. The Morgan fingerprint density at radius 2 is 1.38 bits per heavy atom. The van der Waals surface area contributed by atoms with Gasteiger partial charge in [0.15, 0.2) is 11.5 Å². The van der Waals surface area contributed by atoms with Crippen molar-refractivity contribution < 1.29 is 4.90 Å². The highest BCUT2D eigenvalue weighted by atomic mass is 16.2. The van der Waals surface area contributed by atoms with Crippen molar-refractivity contribution in [3.8, 4) is 0 Å². The van der Waals surface area contributed by atoms with Crippen LogP contribution < -0.4 is 16.1 Å². The summed E-state index contributed by atoms with van der Waals surface area (Å²) in [6, 6.07) is 20.6. The van der Waals surface area contributed by atoms with Crippen molar-refractivity contribution in [1.29, 1.82) is 0 Å². The van der Waals surface area contributed by atoms with Crippen molar-refractivity contribution >= 4 is 11.2 Å². The fourth-order valence-electron chi connectivity index (χ4n) is 3.65. The average Bonchev–Trinajstić information content (AvgIpc) is 3.16. The highest BCUT2D eigenvalue weighted by Crippen LogP contribution is 2.05. The third kappa shape index (κ3) is 3.90. The first-order valence-corrected chi connectivity index (χ1v) is 9.59. The second-order valence-corrected chi connectivity index (χ2v) is 7.34. The van der Waals surface area contributed by atoms with Gasteiger partial charge in [-0.3, -0.25) is 13.9 Å². The quantitative estimate of drug-likeness (QED) is 0.510. The first-order chi connectivity index (χ1) is 14.0. The van der Waals surface area contributed by atoms with Gasteiger partial charge >= 0.3 is 5.69 Å². The third-order valence-electron chi connectivity index (χ3n) is 5.16. The lowest BCUT2D eigenvalue weighted by atomic mass is 10.1. The van der Waals surface area contributed by atoms with Gasteiger partial charge in [0.05, 0.1) is 0 Å². The zero-order valence-electron chi connectivity index (χ0n) is 16.6. The number of aromatic amines is 1. The first kappa shape index (κ1) is 18.9. The molecule has 0 bridgehead atoms. The number of aryl methyl sites for hydroxylation is 1. The zero-order valence-corrected chi connectivity index (χ0v) is 16.6. The molecule has 0 spiro atoms. The minimum atomic E-state index is -0.377. The number of H-pyrrole nitrogens is 1. The topological polar surface area (TPSA) is 77.1 Å². The molecule has 2 aromatic carbocycles. The Morgan fingerprint density at radius 1 is 0.828 bits per heavy atom. The maximum absolute atomic E-state index is 12.5. The van der Waals surface area contributed by atoms with Crippen LogP contribution in [0.2, 0.25) is 0 Å². The number of benzene rings is 2. The molecule has 0 atom stereocenters. The molecule has 7 nitrogen and oxygen atoms in total. The second kappa shape index (κ2) is 7.89. The average molecular weight is 390 g/mol. The molecule has 29 heavy (non-hydrogen) atoms. The van der Waals surface area contributed by atoms with Gasteiger partial charge in [0.2, 0.25) is 0 Å². The molecular weight excluding hydrogens is 366 g/mol. The molecule has 0 saturated heterocycles. The van der Waals surface area contributed by atoms with E-state index in [-0.39, 0.29) is 11.2 Å². The Kier molecular flexibility index (Phi) is 5.14. The lowest BCUT2D eigenvalue weighted by Gasteiger charge is -2.18. The fraction of sp³-hybridized carbons (Fsp3) is 0.227. The molecule has 0 aliphatic rings. The van der Waals surface area contributed by atoms with Crippen molar-refractivity contribution in [3.05, 3.63) is 98.5 Å². The van der Waals surface area contributed by atoms with Crippen LogP contribution in [0.15, 0.2) is 70.3 Å². The van der Waals surface area contributed by atoms with Crippen molar-refractivity contribution in [3.63, 3.8) is 0 Å².